The molecule has 0 aliphatic rings. The van der Waals surface area contributed by atoms with Crippen LogP contribution >= 0.6 is 0 Å². The molecule has 0 bridgehead atoms. The minimum absolute atomic E-state index is 0.0762. The summed E-state index contributed by atoms with van der Waals surface area (Å²) in [7, 11) is -1.50. The largest absolute Gasteiger partial charge is 0.489 e. The minimum atomic E-state index is -3.15. The van der Waals surface area contributed by atoms with E-state index in [0.29, 0.717) is 37.8 Å². The van der Waals surface area contributed by atoms with Crippen molar-refractivity contribution in [1.82, 2.24) is 15.4 Å². The second kappa shape index (κ2) is 10.9. The molecule has 0 fully saturated rings. The molecule has 0 amide bonds. The molecule has 0 saturated heterocycles. The van der Waals surface area contributed by atoms with Crippen molar-refractivity contribution in [3.05, 3.63) is 30.1 Å². The molecule has 1 aromatic rings. The van der Waals surface area contributed by atoms with Gasteiger partial charge in [0.15, 0.2) is 5.96 Å². The molecule has 0 spiro atoms. The molecule has 1 aromatic carbocycles. The zero-order valence-corrected chi connectivity index (χ0v) is 15.7. The summed E-state index contributed by atoms with van der Waals surface area (Å²) in [4.78, 5) is 4.08. The van der Waals surface area contributed by atoms with Gasteiger partial charge < -0.3 is 15.4 Å². The van der Waals surface area contributed by atoms with Crippen molar-refractivity contribution >= 4 is 16.0 Å². The van der Waals surface area contributed by atoms with Crippen molar-refractivity contribution in [3.63, 3.8) is 0 Å². The molecular formula is C16H27FN4O3S. The van der Waals surface area contributed by atoms with Crippen molar-refractivity contribution in [3.8, 4) is 5.75 Å². The molecule has 1 rings (SSSR count). The second-order valence-corrected chi connectivity index (χ2v) is 7.51. The molecule has 0 aliphatic carbocycles. The number of rotatable bonds is 10. The Morgan fingerprint density at radius 3 is 2.72 bits per heavy atom. The number of nitrogens with zero attached hydrogens (tertiary/aromatic N) is 1. The molecule has 9 heteroatoms. The number of ether oxygens (including phenoxy) is 1. The van der Waals surface area contributed by atoms with Gasteiger partial charge in [0.05, 0.1) is 12.3 Å². The fourth-order valence-electron chi connectivity index (χ4n) is 1.90. The van der Waals surface area contributed by atoms with Crippen molar-refractivity contribution in [1.29, 1.82) is 0 Å². The summed E-state index contributed by atoms with van der Waals surface area (Å²) in [5, 5.41) is 6.19. The molecule has 0 saturated carbocycles. The zero-order chi connectivity index (χ0) is 18.7. The number of guanidine groups is 1. The predicted molar refractivity (Wildman–Crippen MR) is 97.9 cm³/mol. The van der Waals surface area contributed by atoms with E-state index in [9.17, 15) is 12.8 Å². The topological polar surface area (TPSA) is 91.8 Å². The van der Waals surface area contributed by atoms with Crippen LogP contribution in [0.2, 0.25) is 0 Å². The molecule has 7 nitrogen and oxygen atoms in total. The number of halogens is 1. The third-order valence-corrected chi connectivity index (χ3v) is 4.67. The highest BCUT2D eigenvalue weighted by atomic mass is 32.2. The molecule has 0 radical (unpaired) electrons. The van der Waals surface area contributed by atoms with Crippen molar-refractivity contribution in [2.45, 2.75) is 26.4 Å². The first-order valence-corrected chi connectivity index (χ1v) is 9.85. The molecule has 142 valence electrons. The van der Waals surface area contributed by atoms with E-state index in [-0.39, 0.29) is 17.7 Å². The number of aliphatic imine (C=N–C) groups is 1. The number of hydrogen-bond donors (Lipinski definition) is 3. The summed E-state index contributed by atoms with van der Waals surface area (Å²) >= 11 is 0. The Morgan fingerprint density at radius 1 is 1.32 bits per heavy atom. The van der Waals surface area contributed by atoms with Gasteiger partial charge in [-0.15, -0.1) is 0 Å². The summed E-state index contributed by atoms with van der Waals surface area (Å²) in [6.07, 6.45) is 0.451. The third kappa shape index (κ3) is 9.25. The standard InChI is InChI=1S/C16H27FN4O3S/c1-4-25(22,23)21-10-6-9-19-16(18-3)20-12-13(2)24-15-8-5-7-14(17)11-15/h5,7-8,11,13,21H,4,6,9-10,12H2,1-3H3,(H2,18,19,20). The van der Waals surface area contributed by atoms with E-state index in [1.165, 1.54) is 12.1 Å². The lowest BCUT2D eigenvalue weighted by atomic mass is 10.3. The van der Waals surface area contributed by atoms with Crippen molar-refractivity contribution < 1.29 is 17.5 Å². The Kier molecular flexibility index (Phi) is 9.22. The second-order valence-electron chi connectivity index (χ2n) is 5.42. The molecule has 0 heterocycles. The Labute approximate surface area is 149 Å². The van der Waals surface area contributed by atoms with Gasteiger partial charge in [-0.3, -0.25) is 4.99 Å². The molecule has 0 aromatic heterocycles. The predicted octanol–water partition coefficient (Wildman–Crippen LogP) is 1.09. The average molecular weight is 374 g/mol. The molecule has 25 heavy (non-hydrogen) atoms. The minimum Gasteiger partial charge on any atom is -0.489 e. The third-order valence-electron chi connectivity index (χ3n) is 3.26. The Bertz CT molecular complexity index is 653. The van der Waals surface area contributed by atoms with E-state index >= 15 is 0 Å². The van der Waals surface area contributed by atoms with Crippen LogP contribution < -0.4 is 20.1 Å². The van der Waals surface area contributed by atoms with Gasteiger partial charge in [-0.05, 0) is 32.4 Å². The normalized spacial score (nSPS) is 13.4. The van der Waals surface area contributed by atoms with Crippen LogP contribution in [-0.4, -0.2) is 52.9 Å². The van der Waals surface area contributed by atoms with E-state index in [4.69, 9.17) is 4.74 Å². The van der Waals surface area contributed by atoms with Crippen molar-refractivity contribution in [2.75, 3.05) is 32.4 Å². The Morgan fingerprint density at radius 2 is 2.08 bits per heavy atom. The number of sulfonamides is 1. The lowest BCUT2D eigenvalue weighted by molar-refractivity contribution is 0.223. The maximum Gasteiger partial charge on any atom is 0.211 e. The number of nitrogens with one attached hydrogen (secondary N) is 3. The van der Waals surface area contributed by atoms with Gasteiger partial charge in [0.1, 0.15) is 17.7 Å². The first-order chi connectivity index (χ1) is 11.9. The summed E-state index contributed by atoms with van der Waals surface area (Å²) in [6.45, 7) is 4.90. The molecule has 0 aliphatic heterocycles. The van der Waals surface area contributed by atoms with Gasteiger partial charge in [0.2, 0.25) is 10.0 Å². The summed E-state index contributed by atoms with van der Waals surface area (Å²) < 4.78 is 43.8. The average Bonchev–Trinajstić information content (AvgIpc) is 2.57. The van der Waals surface area contributed by atoms with E-state index in [1.807, 2.05) is 6.92 Å². The molecule has 1 atom stereocenters. The summed E-state index contributed by atoms with van der Waals surface area (Å²) in [6, 6.07) is 5.99. The van der Waals surface area contributed by atoms with Gasteiger partial charge in [0.25, 0.3) is 0 Å². The zero-order valence-electron chi connectivity index (χ0n) is 14.9. The van der Waals surface area contributed by atoms with Gasteiger partial charge in [0, 0.05) is 26.2 Å². The van der Waals surface area contributed by atoms with E-state index in [0.717, 1.165) is 0 Å². The van der Waals surface area contributed by atoms with Crippen LogP contribution in [0.15, 0.2) is 29.3 Å². The van der Waals surface area contributed by atoms with Gasteiger partial charge in [-0.25, -0.2) is 17.5 Å². The number of benzene rings is 1. The maximum atomic E-state index is 13.1. The molecular weight excluding hydrogens is 347 g/mol. The van der Waals surface area contributed by atoms with E-state index in [1.54, 1.807) is 26.1 Å². The quantitative estimate of drug-likeness (QED) is 0.324. The van der Waals surface area contributed by atoms with E-state index in [2.05, 4.69) is 20.3 Å². The molecule has 3 N–H and O–H groups in total. The SMILES string of the molecule is CCS(=O)(=O)NCCCNC(=NC)NCC(C)Oc1cccc(F)c1. The fraction of sp³-hybridized carbons (Fsp3) is 0.562. The van der Waals surface area contributed by atoms with Crippen LogP contribution in [0, 0.1) is 5.82 Å². The highest BCUT2D eigenvalue weighted by Crippen LogP contribution is 2.13. The highest BCUT2D eigenvalue weighted by Gasteiger charge is 2.07. The lowest BCUT2D eigenvalue weighted by Crippen LogP contribution is -2.42. The van der Waals surface area contributed by atoms with E-state index < -0.39 is 10.0 Å². The van der Waals surface area contributed by atoms with Gasteiger partial charge in [-0.2, -0.15) is 0 Å². The van der Waals surface area contributed by atoms with Crippen LogP contribution in [0.3, 0.4) is 0 Å². The maximum absolute atomic E-state index is 13.1. The van der Waals surface area contributed by atoms with Crippen LogP contribution in [0.1, 0.15) is 20.3 Å². The monoisotopic (exact) mass is 374 g/mol. The van der Waals surface area contributed by atoms with Gasteiger partial charge in [-0.1, -0.05) is 6.07 Å². The Hall–Kier alpha value is -1.87. The lowest BCUT2D eigenvalue weighted by Gasteiger charge is -2.17. The van der Waals surface area contributed by atoms with Crippen LogP contribution in [0.25, 0.3) is 0 Å². The highest BCUT2D eigenvalue weighted by molar-refractivity contribution is 7.89. The summed E-state index contributed by atoms with van der Waals surface area (Å²) in [5.41, 5.74) is 0. The smallest absolute Gasteiger partial charge is 0.211 e. The first-order valence-electron chi connectivity index (χ1n) is 8.20. The summed E-state index contributed by atoms with van der Waals surface area (Å²) in [5.74, 6) is 0.801. The van der Waals surface area contributed by atoms with Crippen LogP contribution in [0.4, 0.5) is 4.39 Å². The van der Waals surface area contributed by atoms with Crippen LogP contribution in [0.5, 0.6) is 5.75 Å². The van der Waals surface area contributed by atoms with Crippen molar-refractivity contribution in [2.24, 2.45) is 4.99 Å². The van der Waals surface area contributed by atoms with Crippen LogP contribution in [-0.2, 0) is 10.0 Å². The number of hydrogen-bond acceptors (Lipinski definition) is 4. The Balaban J connectivity index is 2.25. The fourth-order valence-corrected chi connectivity index (χ4v) is 2.56. The van der Waals surface area contributed by atoms with Gasteiger partial charge >= 0.3 is 0 Å². The molecule has 1 unspecified atom stereocenters. The first kappa shape index (κ1) is 21.2.